The highest BCUT2D eigenvalue weighted by Crippen LogP contribution is 2.67. The van der Waals surface area contributed by atoms with Gasteiger partial charge in [0.05, 0.1) is 22.9 Å². The van der Waals surface area contributed by atoms with E-state index in [-0.39, 0.29) is 33.5 Å². The largest absolute Gasteiger partial charge is 0.507 e. The van der Waals surface area contributed by atoms with Crippen LogP contribution in [0.4, 0.5) is 5.69 Å². The number of ether oxygens (including phenoxy) is 1. The van der Waals surface area contributed by atoms with Gasteiger partial charge < -0.3 is 25.4 Å². The van der Waals surface area contributed by atoms with Crippen LogP contribution in [0.1, 0.15) is 44.3 Å². The lowest BCUT2D eigenvalue weighted by molar-refractivity contribution is 0.0867. The van der Waals surface area contributed by atoms with Crippen LogP contribution in [0, 0.1) is 23.7 Å². The van der Waals surface area contributed by atoms with Gasteiger partial charge in [-0.25, -0.2) is 0 Å². The molecule has 2 bridgehead atoms. The maximum atomic E-state index is 13.6. The van der Waals surface area contributed by atoms with Crippen LogP contribution >= 0.6 is 0 Å². The van der Waals surface area contributed by atoms with Crippen molar-refractivity contribution >= 4 is 17.3 Å². The smallest absolute Gasteiger partial charge is 0.198 e. The fourth-order valence-electron chi connectivity index (χ4n) is 5.39. The van der Waals surface area contributed by atoms with Gasteiger partial charge in [-0.05, 0) is 25.1 Å². The topological polar surface area (TPSA) is 119 Å². The standard InChI is InChI=1S/C26H17NO6/c1-13(28)25-18-10-4-2-3-5-11-19(30)26(25,33-25)16-12-17(29)20-21(22(16)27-18)24(32)15-9-7-6-8-14(15)23(20)31/h2-3,6-9,12-13,18-19,27-30H,1H3/t13?,18-,19+,25-,26-/m0/s1. The Morgan fingerprint density at radius 3 is 2.36 bits per heavy atom. The van der Waals surface area contributed by atoms with E-state index in [0.717, 1.165) is 0 Å². The zero-order valence-corrected chi connectivity index (χ0v) is 17.3. The molecule has 2 heterocycles. The molecule has 4 aliphatic rings. The molecule has 0 radical (unpaired) electrons. The summed E-state index contributed by atoms with van der Waals surface area (Å²) >= 11 is 0. The molecule has 4 N–H and O–H groups in total. The number of fused-ring (bicyclic) bond motifs is 4. The van der Waals surface area contributed by atoms with Gasteiger partial charge in [0.25, 0.3) is 0 Å². The van der Waals surface area contributed by atoms with Crippen LogP contribution < -0.4 is 5.32 Å². The number of carbonyl (C=O) groups excluding carboxylic acids is 2. The lowest BCUT2D eigenvalue weighted by Gasteiger charge is -2.37. The van der Waals surface area contributed by atoms with E-state index >= 15 is 0 Å². The maximum absolute atomic E-state index is 13.6. The van der Waals surface area contributed by atoms with Crippen molar-refractivity contribution in [1.29, 1.82) is 0 Å². The van der Waals surface area contributed by atoms with Crippen molar-refractivity contribution in [3.8, 4) is 29.4 Å². The van der Waals surface area contributed by atoms with Crippen molar-refractivity contribution in [2.75, 3.05) is 5.32 Å². The monoisotopic (exact) mass is 439 g/mol. The van der Waals surface area contributed by atoms with Gasteiger partial charge in [0.2, 0.25) is 0 Å². The van der Waals surface area contributed by atoms with E-state index in [0.29, 0.717) is 0 Å². The second-order valence-electron chi connectivity index (χ2n) is 8.47. The number of benzene rings is 2. The van der Waals surface area contributed by atoms with Crippen molar-refractivity contribution in [3.05, 3.63) is 70.3 Å². The number of aliphatic hydroxyl groups excluding tert-OH is 2. The van der Waals surface area contributed by atoms with Gasteiger partial charge in [0.1, 0.15) is 11.8 Å². The number of epoxide rings is 1. The number of aromatic hydroxyl groups is 1. The molecule has 5 atom stereocenters. The molecular formula is C26H17NO6. The van der Waals surface area contributed by atoms with Crippen molar-refractivity contribution in [1.82, 2.24) is 0 Å². The molecule has 1 saturated heterocycles. The summed E-state index contributed by atoms with van der Waals surface area (Å²) in [5.41, 5.74) is -2.18. The fourth-order valence-corrected chi connectivity index (χ4v) is 5.39. The van der Waals surface area contributed by atoms with Gasteiger partial charge in [-0.1, -0.05) is 47.9 Å². The second kappa shape index (κ2) is 6.34. The van der Waals surface area contributed by atoms with E-state index in [4.69, 9.17) is 4.74 Å². The quantitative estimate of drug-likeness (QED) is 0.256. The van der Waals surface area contributed by atoms with E-state index in [2.05, 4.69) is 29.0 Å². The predicted octanol–water partition coefficient (Wildman–Crippen LogP) is 1.24. The molecule has 162 valence electrons. The number of hydrogen-bond donors (Lipinski definition) is 4. The number of nitrogens with one attached hydrogen (secondary N) is 1. The Hall–Kier alpha value is -3.88. The molecule has 6 rings (SSSR count). The summed E-state index contributed by atoms with van der Waals surface area (Å²) in [5.74, 6) is 9.90. The van der Waals surface area contributed by atoms with Gasteiger partial charge >= 0.3 is 0 Å². The molecule has 1 fully saturated rings. The minimum atomic E-state index is -1.56. The Bertz CT molecular complexity index is 1450. The van der Waals surface area contributed by atoms with Crippen LogP contribution in [0.3, 0.4) is 0 Å². The Morgan fingerprint density at radius 1 is 1.06 bits per heavy atom. The van der Waals surface area contributed by atoms with Gasteiger partial charge in [-0.15, -0.1) is 0 Å². The van der Waals surface area contributed by atoms with Crippen LogP contribution in [-0.2, 0) is 10.3 Å². The molecule has 0 amide bonds. The van der Waals surface area contributed by atoms with Gasteiger partial charge in [0, 0.05) is 16.7 Å². The highest BCUT2D eigenvalue weighted by atomic mass is 16.7. The SMILES string of the molecule is CC(O)[C@@]12O[C@]13c1cc(O)c4c(c1N[C@H]2C#CC=CC#C[C@H]3O)C(=O)c1ccccc1C4=O. The van der Waals surface area contributed by atoms with Gasteiger partial charge in [-0.2, -0.15) is 0 Å². The van der Waals surface area contributed by atoms with Crippen LogP contribution in [-0.4, -0.2) is 50.7 Å². The van der Waals surface area contributed by atoms with E-state index < -0.39 is 46.8 Å². The summed E-state index contributed by atoms with van der Waals surface area (Å²) in [6.07, 6.45) is 0.511. The summed E-state index contributed by atoms with van der Waals surface area (Å²) in [6, 6.07) is 6.88. The summed E-state index contributed by atoms with van der Waals surface area (Å²) in [4.78, 5) is 26.8. The molecule has 0 saturated carbocycles. The van der Waals surface area contributed by atoms with E-state index in [1.165, 1.54) is 25.1 Å². The first kappa shape index (κ1) is 19.8. The third-order valence-electron chi connectivity index (χ3n) is 6.87. The summed E-state index contributed by atoms with van der Waals surface area (Å²) in [6.45, 7) is 1.52. The number of allylic oxidation sites excluding steroid dienone is 2. The van der Waals surface area contributed by atoms with Gasteiger partial charge in [-0.3, -0.25) is 9.59 Å². The average molecular weight is 439 g/mol. The Kier molecular flexibility index (Phi) is 3.80. The molecule has 2 aromatic rings. The maximum Gasteiger partial charge on any atom is 0.198 e. The first-order valence-corrected chi connectivity index (χ1v) is 10.4. The zero-order valence-electron chi connectivity index (χ0n) is 17.3. The van der Waals surface area contributed by atoms with Crippen LogP contribution in [0.15, 0.2) is 42.5 Å². The third-order valence-corrected chi connectivity index (χ3v) is 6.87. The third kappa shape index (κ3) is 2.21. The number of anilines is 1. The van der Waals surface area contributed by atoms with Crippen molar-refractivity contribution in [2.24, 2.45) is 0 Å². The number of phenols is 1. The molecule has 7 heteroatoms. The number of phenolic OH excluding ortho intramolecular Hbond substituents is 1. The number of ketones is 2. The number of carbonyl (C=O) groups is 2. The zero-order chi connectivity index (χ0) is 23.1. The average Bonchev–Trinajstić information content (AvgIpc) is 3.53. The molecule has 2 aromatic carbocycles. The molecule has 2 aliphatic carbocycles. The predicted molar refractivity (Wildman–Crippen MR) is 117 cm³/mol. The number of aliphatic hydroxyl groups is 2. The first-order chi connectivity index (χ1) is 15.8. The molecule has 1 unspecified atom stereocenters. The van der Waals surface area contributed by atoms with E-state index in [1.807, 2.05) is 0 Å². The van der Waals surface area contributed by atoms with Crippen molar-refractivity contribution < 1.29 is 29.6 Å². The Labute approximate surface area is 188 Å². The van der Waals surface area contributed by atoms with Gasteiger partial charge in [0.15, 0.2) is 28.9 Å². The molecule has 0 aromatic heterocycles. The molecular weight excluding hydrogens is 422 g/mol. The minimum absolute atomic E-state index is 0.0117. The van der Waals surface area contributed by atoms with Crippen molar-refractivity contribution in [2.45, 2.75) is 36.4 Å². The summed E-state index contributed by atoms with van der Waals surface area (Å²) in [7, 11) is 0. The molecule has 7 nitrogen and oxygen atoms in total. The van der Waals surface area contributed by atoms with Crippen LogP contribution in [0.5, 0.6) is 5.75 Å². The lowest BCUT2D eigenvalue weighted by atomic mass is 9.69. The molecule has 33 heavy (non-hydrogen) atoms. The second-order valence-corrected chi connectivity index (χ2v) is 8.47. The summed E-state index contributed by atoms with van der Waals surface area (Å²) in [5, 5.41) is 36.0. The Morgan fingerprint density at radius 2 is 1.70 bits per heavy atom. The highest BCUT2D eigenvalue weighted by Gasteiger charge is 2.82. The molecule has 0 spiro atoms. The fraction of sp³-hybridized carbons (Fsp3) is 0.231. The normalized spacial score (nSPS) is 30.6. The number of hydrogen-bond acceptors (Lipinski definition) is 7. The van der Waals surface area contributed by atoms with E-state index in [1.54, 1.807) is 24.3 Å². The lowest BCUT2D eigenvalue weighted by Crippen LogP contribution is -2.54. The Balaban J connectivity index is 1.69. The highest BCUT2D eigenvalue weighted by molar-refractivity contribution is 6.31. The molecule has 2 aliphatic heterocycles. The van der Waals surface area contributed by atoms with Crippen LogP contribution in [0.2, 0.25) is 0 Å². The minimum Gasteiger partial charge on any atom is -0.507 e. The van der Waals surface area contributed by atoms with E-state index in [9.17, 15) is 24.9 Å². The number of rotatable bonds is 1. The first-order valence-electron chi connectivity index (χ1n) is 10.4. The summed E-state index contributed by atoms with van der Waals surface area (Å²) < 4.78 is 6.12. The van der Waals surface area contributed by atoms with Crippen LogP contribution in [0.25, 0.3) is 0 Å². The van der Waals surface area contributed by atoms with Crippen molar-refractivity contribution in [3.63, 3.8) is 0 Å².